The van der Waals surface area contributed by atoms with Crippen molar-refractivity contribution in [2.75, 3.05) is 20.8 Å². The highest BCUT2D eigenvalue weighted by Crippen LogP contribution is 2.24. The zero-order valence-electron chi connectivity index (χ0n) is 11.5. The van der Waals surface area contributed by atoms with Crippen molar-refractivity contribution in [2.45, 2.75) is 6.54 Å². The molecule has 1 heterocycles. The van der Waals surface area contributed by atoms with Crippen molar-refractivity contribution in [1.82, 2.24) is 5.32 Å². The van der Waals surface area contributed by atoms with Crippen LogP contribution >= 0.6 is 0 Å². The van der Waals surface area contributed by atoms with E-state index in [1.165, 1.54) is 7.11 Å². The fraction of sp³-hybridized carbons (Fsp3) is 0.267. The van der Waals surface area contributed by atoms with Crippen LogP contribution in [0, 0.1) is 0 Å². The number of rotatable bonds is 7. The lowest BCUT2D eigenvalue weighted by Crippen LogP contribution is -2.22. The Kier molecular flexibility index (Phi) is 4.79. The van der Waals surface area contributed by atoms with E-state index in [0.29, 0.717) is 23.6 Å². The summed E-state index contributed by atoms with van der Waals surface area (Å²) in [4.78, 5) is 12.2. The molecule has 0 unspecified atom stereocenters. The van der Waals surface area contributed by atoms with Crippen LogP contribution in [0.2, 0.25) is 0 Å². The van der Waals surface area contributed by atoms with Crippen molar-refractivity contribution < 1.29 is 18.7 Å². The van der Waals surface area contributed by atoms with Gasteiger partial charge in [-0.3, -0.25) is 4.79 Å². The van der Waals surface area contributed by atoms with Gasteiger partial charge in [0.25, 0.3) is 0 Å². The van der Waals surface area contributed by atoms with Crippen LogP contribution in [-0.4, -0.2) is 26.5 Å². The summed E-state index contributed by atoms with van der Waals surface area (Å²) in [5.41, 5.74) is 0.499. The Morgan fingerprint density at radius 1 is 1.25 bits per heavy atom. The van der Waals surface area contributed by atoms with Crippen LogP contribution in [0.25, 0.3) is 0 Å². The molecule has 0 aliphatic heterocycles. The molecule has 106 valence electrons. The van der Waals surface area contributed by atoms with Gasteiger partial charge in [-0.15, -0.1) is 0 Å². The molecule has 5 nitrogen and oxygen atoms in total. The Morgan fingerprint density at radius 3 is 2.75 bits per heavy atom. The van der Waals surface area contributed by atoms with Gasteiger partial charge in [-0.05, 0) is 30.3 Å². The lowest BCUT2D eigenvalue weighted by Gasteiger charge is -2.10. The molecule has 1 aromatic carbocycles. The number of ether oxygens (including phenoxy) is 2. The van der Waals surface area contributed by atoms with Crippen molar-refractivity contribution >= 4 is 5.78 Å². The highest BCUT2D eigenvalue weighted by atomic mass is 16.5. The summed E-state index contributed by atoms with van der Waals surface area (Å²) in [6.07, 6.45) is 1.60. The van der Waals surface area contributed by atoms with E-state index in [4.69, 9.17) is 13.9 Å². The molecule has 0 saturated heterocycles. The predicted molar refractivity (Wildman–Crippen MR) is 74.3 cm³/mol. The zero-order valence-corrected chi connectivity index (χ0v) is 11.5. The second-order valence-corrected chi connectivity index (χ2v) is 4.17. The number of ketones is 1. The Labute approximate surface area is 117 Å². The van der Waals surface area contributed by atoms with E-state index in [1.54, 1.807) is 31.6 Å². The minimum absolute atomic E-state index is 0.0627. The van der Waals surface area contributed by atoms with Gasteiger partial charge in [0.2, 0.25) is 0 Å². The third-order valence-electron chi connectivity index (χ3n) is 2.87. The monoisotopic (exact) mass is 275 g/mol. The summed E-state index contributed by atoms with van der Waals surface area (Å²) in [6.45, 7) is 0.704. The largest absolute Gasteiger partial charge is 0.497 e. The molecule has 0 bridgehead atoms. The fourth-order valence-electron chi connectivity index (χ4n) is 1.84. The number of nitrogens with one attached hydrogen (secondary N) is 1. The van der Waals surface area contributed by atoms with Crippen molar-refractivity contribution in [1.29, 1.82) is 0 Å². The molecule has 20 heavy (non-hydrogen) atoms. The molecule has 0 aliphatic rings. The summed E-state index contributed by atoms with van der Waals surface area (Å²) in [5, 5.41) is 3.04. The van der Waals surface area contributed by atoms with Crippen LogP contribution in [0.1, 0.15) is 16.1 Å². The van der Waals surface area contributed by atoms with E-state index in [9.17, 15) is 4.79 Å². The zero-order chi connectivity index (χ0) is 14.4. The fourth-order valence-corrected chi connectivity index (χ4v) is 1.84. The van der Waals surface area contributed by atoms with Gasteiger partial charge in [0, 0.05) is 0 Å². The van der Waals surface area contributed by atoms with Gasteiger partial charge in [0.05, 0.1) is 39.1 Å². The summed E-state index contributed by atoms with van der Waals surface area (Å²) in [5.74, 6) is 1.89. The van der Waals surface area contributed by atoms with E-state index in [-0.39, 0.29) is 12.3 Å². The average Bonchev–Trinajstić information content (AvgIpc) is 2.99. The third-order valence-corrected chi connectivity index (χ3v) is 2.87. The quantitative estimate of drug-likeness (QED) is 0.785. The molecule has 0 amide bonds. The van der Waals surface area contributed by atoms with Gasteiger partial charge < -0.3 is 19.2 Å². The van der Waals surface area contributed by atoms with E-state index in [1.807, 2.05) is 12.1 Å². The first-order valence-electron chi connectivity index (χ1n) is 6.23. The van der Waals surface area contributed by atoms with E-state index in [2.05, 4.69) is 5.32 Å². The van der Waals surface area contributed by atoms with Crippen molar-refractivity contribution in [3.8, 4) is 11.5 Å². The number of hydrogen-bond donors (Lipinski definition) is 1. The molecule has 0 fully saturated rings. The molecule has 1 N–H and O–H groups in total. The highest BCUT2D eigenvalue weighted by Gasteiger charge is 2.13. The second-order valence-electron chi connectivity index (χ2n) is 4.17. The molecule has 0 atom stereocenters. The van der Waals surface area contributed by atoms with Gasteiger partial charge in [-0.2, -0.15) is 0 Å². The molecule has 0 aliphatic carbocycles. The minimum Gasteiger partial charge on any atom is -0.497 e. The Hall–Kier alpha value is -2.27. The summed E-state index contributed by atoms with van der Waals surface area (Å²) < 4.78 is 15.5. The first-order valence-corrected chi connectivity index (χ1v) is 6.23. The van der Waals surface area contributed by atoms with Gasteiger partial charge in [-0.1, -0.05) is 0 Å². The van der Waals surface area contributed by atoms with Crippen LogP contribution in [0.3, 0.4) is 0 Å². The average molecular weight is 275 g/mol. The maximum absolute atomic E-state index is 12.2. The number of furan rings is 1. The standard InChI is InChI=1S/C15H17NO4/c1-18-11-5-6-15(19-2)13(8-11)14(17)10-16-9-12-4-3-7-20-12/h3-8,16H,9-10H2,1-2H3. The predicted octanol–water partition coefficient (Wildman–Crippen LogP) is 2.27. The number of hydrogen-bond acceptors (Lipinski definition) is 5. The normalized spacial score (nSPS) is 10.3. The van der Waals surface area contributed by atoms with Gasteiger partial charge >= 0.3 is 0 Å². The number of Topliss-reactive ketones (excluding diaryl/α,β-unsaturated/α-hetero) is 1. The number of carbonyl (C=O) groups excluding carboxylic acids is 1. The molecular formula is C15H17NO4. The van der Waals surface area contributed by atoms with Crippen LogP contribution in [0.5, 0.6) is 11.5 Å². The van der Waals surface area contributed by atoms with Crippen LogP contribution < -0.4 is 14.8 Å². The summed E-state index contributed by atoms with van der Waals surface area (Å²) >= 11 is 0. The lowest BCUT2D eigenvalue weighted by atomic mass is 10.1. The Morgan fingerprint density at radius 2 is 2.10 bits per heavy atom. The van der Waals surface area contributed by atoms with Gasteiger partial charge in [0.1, 0.15) is 17.3 Å². The molecule has 5 heteroatoms. The number of methoxy groups -OCH3 is 2. The Balaban J connectivity index is 2.00. The molecule has 0 spiro atoms. The number of benzene rings is 1. The Bertz CT molecular complexity index is 563. The molecule has 1 aromatic heterocycles. The summed E-state index contributed by atoms with van der Waals surface area (Å²) in [7, 11) is 3.10. The van der Waals surface area contributed by atoms with Crippen molar-refractivity contribution in [2.24, 2.45) is 0 Å². The lowest BCUT2D eigenvalue weighted by molar-refractivity contribution is 0.0987. The maximum Gasteiger partial charge on any atom is 0.180 e. The molecule has 2 rings (SSSR count). The van der Waals surface area contributed by atoms with Gasteiger partial charge in [0.15, 0.2) is 5.78 Å². The van der Waals surface area contributed by atoms with E-state index < -0.39 is 0 Å². The third kappa shape index (κ3) is 3.39. The minimum atomic E-state index is -0.0627. The maximum atomic E-state index is 12.2. The highest BCUT2D eigenvalue weighted by molar-refractivity contribution is 6.00. The molecule has 2 aromatic rings. The molecule has 0 radical (unpaired) electrons. The van der Waals surface area contributed by atoms with Crippen LogP contribution in [0.15, 0.2) is 41.0 Å². The van der Waals surface area contributed by atoms with E-state index in [0.717, 1.165) is 5.76 Å². The topological polar surface area (TPSA) is 60.7 Å². The van der Waals surface area contributed by atoms with Crippen molar-refractivity contribution in [3.05, 3.63) is 47.9 Å². The number of carbonyl (C=O) groups is 1. The van der Waals surface area contributed by atoms with Crippen LogP contribution in [0.4, 0.5) is 0 Å². The molecule has 0 saturated carbocycles. The summed E-state index contributed by atoms with van der Waals surface area (Å²) in [6, 6.07) is 8.81. The van der Waals surface area contributed by atoms with Crippen LogP contribution in [-0.2, 0) is 6.54 Å². The smallest absolute Gasteiger partial charge is 0.180 e. The van der Waals surface area contributed by atoms with E-state index >= 15 is 0 Å². The van der Waals surface area contributed by atoms with Crippen molar-refractivity contribution in [3.63, 3.8) is 0 Å². The van der Waals surface area contributed by atoms with Gasteiger partial charge in [-0.25, -0.2) is 0 Å². The first kappa shape index (κ1) is 14.1. The SMILES string of the molecule is COc1ccc(OC)c(C(=O)CNCc2ccco2)c1. The molecular weight excluding hydrogens is 258 g/mol. The second kappa shape index (κ2) is 6.77. The first-order chi connectivity index (χ1) is 9.74.